The number of nitrogens with zero attached hydrogens (tertiary/aromatic N) is 2. The molecule has 3 rings (SSSR count). The van der Waals surface area contributed by atoms with Crippen LogP contribution >= 0.6 is 0 Å². The Morgan fingerprint density at radius 3 is 2.94 bits per heavy atom. The van der Waals surface area contributed by atoms with E-state index in [4.69, 9.17) is 0 Å². The molecule has 1 saturated heterocycles. The molecular weight excluding hydrogens is 226 g/mol. The van der Waals surface area contributed by atoms with Crippen molar-refractivity contribution in [2.24, 2.45) is 10.5 Å². The average Bonchev–Trinajstić information content (AvgIpc) is 2.68. The first kappa shape index (κ1) is 11.3. The molecule has 1 atom stereocenters. The van der Waals surface area contributed by atoms with Crippen LogP contribution in [0.15, 0.2) is 35.4 Å². The van der Waals surface area contributed by atoms with E-state index in [0.717, 1.165) is 18.6 Å². The minimum Gasteiger partial charge on any atom is -0.355 e. The van der Waals surface area contributed by atoms with E-state index in [1.807, 2.05) is 30.3 Å². The molecule has 4 heteroatoms. The van der Waals surface area contributed by atoms with Crippen molar-refractivity contribution >= 4 is 11.6 Å². The van der Waals surface area contributed by atoms with E-state index in [0.29, 0.717) is 13.1 Å². The maximum Gasteiger partial charge on any atom is 0.234 e. The molecule has 0 aliphatic carbocycles. The molecule has 1 N–H and O–H groups in total. The summed E-state index contributed by atoms with van der Waals surface area (Å²) in [4.78, 5) is 12.3. The molecule has 1 amide bonds. The van der Waals surface area contributed by atoms with Crippen LogP contribution in [0.3, 0.4) is 0 Å². The summed E-state index contributed by atoms with van der Waals surface area (Å²) in [5.41, 5.74) is 1.78. The minimum absolute atomic E-state index is 0.126. The highest BCUT2D eigenvalue weighted by molar-refractivity contribution is 6.12. The van der Waals surface area contributed by atoms with Gasteiger partial charge >= 0.3 is 0 Å². The van der Waals surface area contributed by atoms with Gasteiger partial charge in [-0.2, -0.15) is 5.10 Å². The summed E-state index contributed by atoms with van der Waals surface area (Å²) in [5, 5.41) is 9.40. The summed E-state index contributed by atoms with van der Waals surface area (Å²) in [5.74, 6) is 0.126. The maximum atomic E-state index is 12.3. The van der Waals surface area contributed by atoms with Crippen LogP contribution in [0.2, 0.25) is 0 Å². The molecule has 94 valence electrons. The fourth-order valence-electron chi connectivity index (χ4n) is 2.96. The maximum absolute atomic E-state index is 12.3. The van der Waals surface area contributed by atoms with E-state index in [2.05, 4.69) is 22.6 Å². The molecule has 2 aliphatic rings. The fourth-order valence-corrected chi connectivity index (χ4v) is 2.96. The third-order valence-corrected chi connectivity index (χ3v) is 3.77. The van der Waals surface area contributed by atoms with Gasteiger partial charge in [-0.1, -0.05) is 30.3 Å². The quantitative estimate of drug-likeness (QED) is 0.843. The molecule has 1 aromatic rings. The van der Waals surface area contributed by atoms with Crippen LogP contribution in [-0.4, -0.2) is 36.8 Å². The average molecular weight is 243 g/mol. The number of carbonyl (C=O) groups excluding carboxylic acids is 1. The normalized spacial score (nSPS) is 26.6. The SMILES string of the molecule is CN1C[C@@]2(Cc3ccccc3)C(=O)NCCC2=N1. The Balaban J connectivity index is 1.95. The van der Waals surface area contributed by atoms with Gasteiger partial charge in [0.25, 0.3) is 0 Å². The largest absolute Gasteiger partial charge is 0.355 e. The van der Waals surface area contributed by atoms with E-state index in [1.54, 1.807) is 0 Å². The van der Waals surface area contributed by atoms with Crippen molar-refractivity contribution in [2.45, 2.75) is 12.8 Å². The molecule has 0 saturated carbocycles. The molecule has 0 bridgehead atoms. The van der Waals surface area contributed by atoms with Crippen molar-refractivity contribution in [3.8, 4) is 0 Å². The summed E-state index contributed by atoms with van der Waals surface area (Å²) >= 11 is 0. The monoisotopic (exact) mass is 243 g/mol. The molecule has 0 aromatic heterocycles. The van der Waals surface area contributed by atoms with Gasteiger partial charge in [0.05, 0.1) is 12.3 Å². The highest BCUT2D eigenvalue weighted by Gasteiger charge is 2.49. The number of benzene rings is 1. The molecule has 0 radical (unpaired) electrons. The lowest BCUT2D eigenvalue weighted by atomic mass is 9.74. The van der Waals surface area contributed by atoms with Gasteiger partial charge in [-0.15, -0.1) is 0 Å². The number of amides is 1. The van der Waals surface area contributed by atoms with Crippen molar-refractivity contribution in [1.29, 1.82) is 0 Å². The zero-order valence-corrected chi connectivity index (χ0v) is 10.5. The van der Waals surface area contributed by atoms with Crippen molar-refractivity contribution in [1.82, 2.24) is 10.3 Å². The number of hydrogen-bond acceptors (Lipinski definition) is 3. The van der Waals surface area contributed by atoms with E-state index >= 15 is 0 Å². The second-order valence-electron chi connectivity index (χ2n) is 5.11. The summed E-state index contributed by atoms with van der Waals surface area (Å²) < 4.78 is 0. The fraction of sp³-hybridized carbons (Fsp3) is 0.429. The topological polar surface area (TPSA) is 44.7 Å². The van der Waals surface area contributed by atoms with E-state index in [1.165, 1.54) is 5.56 Å². The molecular formula is C14H17N3O. The van der Waals surface area contributed by atoms with Gasteiger partial charge in [0.2, 0.25) is 5.91 Å². The Morgan fingerprint density at radius 2 is 2.17 bits per heavy atom. The van der Waals surface area contributed by atoms with E-state index in [9.17, 15) is 4.79 Å². The third kappa shape index (κ3) is 1.68. The van der Waals surface area contributed by atoms with Crippen molar-refractivity contribution < 1.29 is 4.79 Å². The molecule has 4 nitrogen and oxygen atoms in total. The molecule has 0 spiro atoms. The first-order chi connectivity index (χ1) is 8.71. The number of rotatable bonds is 2. The first-order valence-corrected chi connectivity index (χ1v) is 6.32. The lowest BCUT2D eigenvalue weighted by molar-refractivity contribution is -0.128. The third-order valence-electron chi connectivity index (χ3n) is 3.77. The van der Waals surface area contributed by atoms with Crippen LogP contribution in [0.5, 0.6) is 0 Å². The smallest absolute Gasteiger partial charge is 0.234 e. The Morgan fingerprint density at radius 1 is 1.39 bits per heavy atom. The van der Waals surface area contributed by atoms with Crippen molar-refractivity contribution in [3.63, 3.8) is 0 Å². The lowest BCUT2D eigenvalue weighted by Gasteiger charge is -2.33. The van der Waals surface area contributed by atoms with Gasteiger partial charge in [0.1, 0.15) is 5.41 Å². The van der Waals surface area contributed by atoms with Crippen LogP contribution < -0.4 is 5.32 Å². The Kier molecular flexibility index (Phi) is 2.58. The second kappa shape index (κ2) is 4.12. The molecule has 2 heterocycles. The zero-order valence-electron chi connectivity index (χ0n) is 10.5. The Hall–Kier alpha value is -1.84. The number of fused-ring (bicyclic) bond motifs is 1. The van der Waals surface area contributed by atoms with Gasteiger partial charge in [-0.05, 0) is 12.0 Å². The predicted molar refractivity (Wildman–Crippen MR) is 70.3 cm³/mol. The number of nitrogens with one attached hydrogen (secondary N) is 1. The van der Waals surface area contributed by atoms with Crippen LogP contribution in [-0.2, 0) is 11.2 Å². The molecule has 1 fully saturated rings. The van der Waals surface area contributed by atoms with E-state index in [-0.39, 0.29) is 5.91 Å². The van der Waals surface area contributed by atoms with Gasteiger partial charge in [-0.3, -0.25) is 9.80 Å². The molecule has 18 heavy (non-hydrogen) atoms. The molecule has 0 unspecified atom stereocenters. The summed E-state index contributed by atoms with van der Waals surface area (Å²) in [7, 11) is 1.94. The van der Waals surface area contributed by atoms with Crippen LogP contribution in [0.4, 0.5) is 0 Å². The number of hydrazone groups is 1. The summed E-state index contributed by atoms with van der Waals surface area (Å²) in [6.45, 7) is 1.39. The van der Waals surface area contributed by atoms with Crippen LogP contribution in [0.25, 0.3) is 0 Å². The Bertz CT molecular complexity index is 497. The van der Waals surface area contributed by atoms with Gasteiger partial charge in [0, 0.05) is 20.0 Å². The van der Waals surface area contributed by atoms with E-state index < -0.39 is 5.41 Å². The standard InChI is InChI=1S/C14H17N3O/c1-17-10-14(9-11-5-3-2-4-6-11)12(16-17)7-8-15-13(14)18/h2-6H,7-10H2,1H3,(H,15,18)/t14-/m1/s1. The highest BCUT2D eigenvalue weighted by Crippen LogP contribution is 2.34. The van der Waals surface area contributed by atoms with Crippen LogP contribution in [0.1, 0.15) is 12.0 Å². The van der Waals surface area contributed by atoms with Crippen LogP contribution in [0, 0.1) is 5.41 Å². The predicted octanol–water partition coefficient (Wildman–Crippen LogP) is 1.04. The van der Waals surface area contributed by atoms with Gasteiger partial charge in [0.15, 0.2) is 0 Å². The molecule has 2 aliphatic heterocycles. The summed E-state index contributed by atoms with van der Waals surface area (Å²) in [6, 6.07) is 10.2. The first-order valence-electron chi connectivity index (χ1n) is 6.32. The highest BCUT2D eigenvalue weighted by atomic mass is 16.2. The number of carbonyl (C=O) groups is 1. The Labute approximate surface area is 107 Å². The number of piperidine rings is 1. The second-order valence-corrected chi connectivity index (χ2v) is 5.11. The van der Waals surface area contributed by atoms with Gasteiger partial charge in [-0.25, -0.2) is 0 Å². The van der Waals surface area contributed by atoms with Crippen molar-refractivity contribution in [2.75, 3.05) is 20.1 Å². The summed E-state index contributed by atoms with van der Waals surface area (Å²) in [6.07, 6.45) is 1.60. The number of hydrogen-bond donors (Lipinski definition) is 1. The molecule has 1 aromatic carbocycles. The minimum atomic E-state index is -0.450. The van der Waals surface area contributed by atoms with Gasteiger partial charge < -0.3 is 5.32 Å². The van der Waals surface area contributed by atoms with Crippen molar-refractivity contribution in [3.05, 3.63) is 35.9 Å². The lowest BCUT2D eigenvalue weighted by Crippen LogP contribution is -2.54. The zero-order chi connectivity index (χ0) is 12.6.